The number of rotatable bonds is 4. The Labute approximate surface area is 104 Å². The number of thiazole rings is 1. The quantitative estimate of drug-likeness (QED) is 0.777. The fourth-order valence-electron chi connectivity index (χ4n) is 1.87. The highest BCUT2D eigenvalue weighted by molar-refractivity contribution is 7.19. The zero-order valence-corrected chi connectivity index (χ0v) is 11.1. The highest BCUT2D eigenvalue weighted by Gasteiger charge is 2.17. The predicted octanol–water partition coefficient (Wildman–Crippen LogP) is 3.60. The molecule has 0 radical (unpaired) electrons. The molecule has 0 bridgehead atoms. The van der Waals surface area contributed by atoms with Crippen LogP contribution in [0.3, 0.4) is 0 Å². The van der Waals surface area contributed by atoms with Gasteiger partial charge in [0, 0.05) is 6.42 Å². The topological polar surface area (TPSA) is 39.2 Å². The summed E-state index contributed by atoms with van der Waals surface area (Å²) in [4.78, 5) is 16.5. The number of carbonyl (C=O) groups excluding carboxylic acids is 1. The monoisotopic (exact) mass is 249 g/mol. The average molecular weight is 249 g/mol. The number of nitrogens with zero attached hydrogens (tertiary/aromatic N) is 1. The highest BCUT2D eigenvalue weighted by Crippen LogP contribution is 2.33. The van der Waals surface area contributed by atoms with Gasteiger partial charge in [0.15, 0.2) is 5.78 Å². The van der Waals surface area contributed by atoms with E-state index >= 15 is 0 Å². The Kier molecular flexibility index (Phi) is 3.43. The molecule has 1 aromatic carbocycles. The van der Waals surface area contributed by atoms with Crippen LogP contribution in [-0.2, 0) is 0 Å². The van der Waals surface area contributed by atoms with Gasteiger partial charge in [-0.25, -0.2) is 4.98 Å². The van der Waals surface area contributed by atoms with Gasteiger partial charge in [-0.3, -0.25) is 4.79 Å². The van der Waals surface area contributed by atoms with Crippen LogP contribution in [0.5, 0.6) is 5.75 Å². The molecule has 90 valence electrons. The number of ketones is 1. The number of benzene rings is 1. The maximum absolute atomic E-state index is 12.1. The minimum atomic E-state index is 0.138. The summed E-state index contributed by atoms with van der Waals surface area (Å²) in [6.45, 7) is 3.95. The minimum absolute atomic E-state index is 0.138. The van der Waals surface area contributed by atoms with Crippen LogP contribution in [0.4, 0.5) is 0 Å². The summed E-state index contributed by atoms with van der Waals surface area (Å²) in [7, 11) is 1.60. The first kappa shape index (κ1) is 12.0. The molecule has 2 aromatic rings. The molecule has 0 aliphatic carbocycles. The van der Waals surface area contributed by atoms with Crippen molar-refractivity contribution >= 4 is 27.3 Å². The fraction of sp³-hybridized carbons (Fsp3) is 0.385. The van der Waals surface area contributed by atoms with Gasteiger partial charge in [-0.05, 0) is 25.5 Å². The Morgan fingerprint density at radius 3 is 2.88 bits per heavy atom. The molecule has 0 spiro atoms. The van der Waals surface area contributed by atoms with Gasteiger partial charge in [-0.1, -0.05) is 6.92 Å². The van der Waals surface area contributed by atoms with Crippen molar-refractivity contribution in [3.05, 3.63) is 22.7 Å². The summed E-state index contributed by atoms with van der Waals surface area (Å²) in [6.07, 6.45) is 1.39. The molecule has 0 fully saturated rings. The third kappa shape index (κ3) is 2.17. The second-order valence-electron chi connectivity index (χ2n) is 3.90. The van der Waals surface area contributed by atoms with Crippen molar-refractivity contribution in [2.24, 2.45) is 0 Å². The van der Waals surface area contributed by atoms with Crippen molar-refractivity contribution in [1.29, 1.82) is 0 Å². The number of ether oxygens (including phenoxy) is 1. The molecule has 0 N–H and O–H groups in total. The van der Waals surface area contributed by atoms with Gasteiger partial charge < -0.3 is 4.74 Å². The van der Waals surface area contributed by atoms with E-state index in [1.165, 1.54) is 0 Å². The Hall–Kier alpha value is -1.42. The summed E-state index contributed by atoms with van der Waals surface area (Å²) in [5.74, 6) is 0.790. The molecule has 0 aliphatic rings. The molecule has 1 heterocycles. The van der Waals surface area contributed by atoms with Crippen molar-refractivity contribution in [2.75, 3.05) is 7.11 Å². The number of hydrogen-bond donors (Lipinski definition) is 0. The molecule has 3 nitrogen and oxygen atoms in total. The first-order valence-corrected chi connectivity index (χ1v) is 6.46. The summed E-state index contributed by atoms with van der Waals surface area (Å²) in [5.41, 5.74) is 1.57. The molecule has 0 amide bonds. The predicted molar refractivity (Wildman–Crippen MR) is 70.1 cm³/mol. The maximum Gasteiger partial charge on any atom is 0.168 e. The minimum Gasteiger partial charge on any atom is -0.496 e. The fourth-order valence-corrected chi connectivity index (χ4v) is 2.85. The van der Waals surface area contributed by atoms with Crippen molar-refractivity contribution in [2.45, 2.75) is 26.7 Å². The average Bonchev–Trinajstić information content (AvgIpc) is 2.67. The molecular weight excluding hydrogens is 234 g/mol. The van der Waals surface area contributed by atoms with Crippen LogP contribution in [0.1, 0.15) is 35.1 Å². The molecule has 4 heteroatoms. The third-order valence-electron chi connectivity index (χ3n) is 2.60. The first-order valence-electron chi connectivity index (χ1n) is 5.64. The zero-order chi connectivity index (χ0) is 12.4. The van der Waals surface area contributed by atoms with Crippen LogP contribution >= 0.6 is 11.3 Å². The van der Waals surface area contributed by atoms with E-state index in [0.717, 1.165) is 21.6 Å². The molecule has 0 atom stereocenters. The Balaban J connectivity index is 2.66. The van der Waals surface area contributed by atoms with Crippen molar-refractivity contribution in [3.63, 3.8) is 0 Å². The Morgan fingerprint density at radius 1 is 1.47 bits per heavy atom. The normalized spacial score (nSPS) is 10.8. The van der Waals surface area contributed by atoms with Gasteiger partial charge in [-0.15, -0.1) is 11.3 Å². The molecule has 1 aromatic heterocycles. The Bertz CT molecular complexity index is 560. The third-order valence-corrected chi connectivity index (χ3v) is 3.61. The van der Waals surface area contributed by atoms with Crippen LogP contribution < -0.4 is 4.74 Å². The number of methoxy groups -OCH3 is 1. The van der Waals surface area contributed by atoms with E-state index in [0.29, 0.717) is 17.7 Å². The number of aromatic nitrogens is 1. The van der Waals surface area contributed by atoms with Gasteiger partial charge in [0.1, 0.15) is 5.75 Å². The van der Waals surface area contributed by atoms with Crippen LogP contribution in [0.25, 0.3) is 10.2 Å². The lowest BCUT2D eigenvalue weighted by atomic mass is 10.1. The van der Waals surface area contributed by atoms with Crippen LogP contribution in [0.2, 0.25) is 0 Å². The molecule has 0 aliphatic heterocycles. The Morgan fingerprint density at radius 2 is 2.24 bits per heavy atom. The van der Waals surface area contributed by atoms with E-state index < -0.39 is 0 Å². The van der Waals surface area contributed by atoms with Gasteiger partial charge in [0.2, 0.25) is 0 Å². The zero-order valence-electron chi connectivity index (χ0n) is 10.2. The molecule has 2 rings (SSSR count). The van der Waals surface area contributed by atoms with Crippen molar-refractivity contribution in [1.82, 2.24) is 4.98 Å². The summed E-state index contributed by atoms with van der Waals surface area (Å²) in [5, 5.41) is 0.971. The SMILES string of the molecule is CCCC(=O)c1c(OC)ccc2nc(C)sc12. The van der Waals surface area contributed by atoms with E-state index in [1.807, 2.05) is 26.0 Å². The van der Waals surface area contributed by atoms with E-state index in [-0.39, 0.29) is 5.78 Å². The molecular formula is C13H15NO2S. The van der Waals surface area contributed by atoms with Crippen molar-refractivity contribution in [3.8, 4) is 5.75 Å². The smallest absolute Gasteiger partial charge is 0.168 e. The second kappa shape index (κ2) is 4.84. The number of hydrogen-bond acceptors (Lipinski definition) is 4. The highest BCUT2D eigenvalue weighted by atomic mass is 32.1. The molecule has 0 unspecified atom stereocenters. The largest absolute Gasteiger partial charge is 0.496 e. The van der Waals surface area contributed by atoms with Gasteiger partial charge in [-0.2, -0.15) is 0 Å². The van der Waals surface area contributed by atoms with Gasteiger partial charge >= 0.3 is 0 Å². The number of fused-ring (bicyclic) bond motifs is 1. The summed E-state index contributed by atoms with van der Waals surface area (Å²) >= 11 is 1.55. The van der Waals surface area contributed by atoms with E-state index in [9.17, 15) is 4.79 Å². The number of carbonyl (C=O) groups is 1. The van der Waals surface area contributed by atoms with Gasteiger partial charge in [0.05, 0.1) is 27.9 Å². The number of Topliss-reactive ketones (excluding diaryl/α,β-unsaturated/α-hetero) is 1. The van der Waals surface area contributed by atoms with E-state index in [4.69, 9.17) is 4.74 Å². The second-order valence-corrected chi connectivity index (χ2v) is 5.10. The first-order chi connectivity index (χ1) is 8.17. The molecule has 0 saturated heterocycles. The molecule has 17 heavy (non-hydrogen) atoms. The van der Waals surface area contributed by atoms with Crippen LogP contribution in [-0.4, -0.2) is 17.9 Å². The van der Waals surface area contributed by atoms with Gasteiger partial charge in [0.25, 0.3) is 0 Å². The lowest BCUT2D eigenvalue weighted by molar-refractivity contribution is 0.0980. The number of aryl methyl sites for hydroxylation is 1. The van der Waals surface area contributed by atoms with E-state index in [1.54, 1.807) is 18.4 Å². The van der Waals surface area contributed by atoms with Crippen LogP contribution in [0.15, 0.2) is 12.1 Å². The standard InChI is InChI=1S/C13H15NO2S/c1-4-5-10(15)12-11(16-3)7-6-9-13(12)17-8(2)14-9/h6-7H,4-5H2,1-3H3. The lowest BCUT2D eigenvalue weighted by Gasteiger charge is -2.07. The van der Waals surface area contributed by atoms with Crippen molar-refractivity contribution < 1.29 is 9.53 Å². The lowest BCUT2D eigenvalue weighted by Crippen LogP contribution is -2.01. The summed E-state index contributed by atoms with van der Waals surface area (Å²) in [6, 6.07) is 3.73. The van der Waals surface area contributed by atoms with Crippen LogP contribution in [0, 0.1) is 6.92 Å². The van der Waals surface area contributed by atoms with E-state index in [2.05, 4.69) is 4.98 Å². The maximum atomic E-state index is 12.1. The summed E-state index contributed by atoms with van der Waals surface area (Å²) < 4.78 is 6.23. The molecule has 0 saturated carbocycles.